The Morgan fingerprint density at radius 3 is 2.24 bits per heavy atom. The molecule has 3 unspecified atom stereocenters. The molecule has 2 heterocycles. The largest absolute Gasteiger partial charge is 0.490 e. The number of hydrogen-bond acceptors (Lipinski definition) is 10. The van der Waals surface area contributed by atoms with Crippen LogP contribution in [-0.2, 0) is 31.6 Å². The molecule has 0 spiro atoms. The van der Waals surface area contributed by atoms with E-state index in [0.29, 0.717) is 0 Å². The zero-order chi connectivity index (χ0) is 25.4. The van der Waals surface area contributed by atoms with Crippen LogP contribution in [0.2, 0.25) is 0 Å². The second kappa shape index (κ2) is 10.2. The molecule has 15 nitrogen and oxygen atoms in total. The first-order valence-corrected chi connectivity index (χ1v) is 13.1. The standard InChI is InChI=1S/C14H19FNO14P3/c1-3-4-7-9(10(15)6(2)14(19)16-7)13-12(18)11(17)8(28-13)5-27-32(23,24)30-33(25,26)29-31(20,21)22/h8,11-13,17-18H,5H2,1-2H3,(H,16,19)(H,23,24)(H,25,26)(H2,20,21,22)/t8-,11?,12+,13+/m1/s1. The fraction of sp³-hybridized carbons (Fsp3) is 0.500. The first kappa shape index (κ1) is 28.0. The van der Waals surface area contributed by atoms with Crippen molar-refractivity contribution in [1.29, 1.82) is 0 Å². The Kier molecular flexibility index (Phi) is 8.60. The molecule has 0 saturated carbocycles. The third-order valence-corrected chi connectivity index (χ3v) is 7.93. The molecule has 0 bridgehead atoms. The van der Waals surface area contributed by atoms with Crippen LogP contribution in [0, 0.1) is 24.6 Å². The molecule has 1 aliphatic heterocycles. The van der Waals surface area contributed by atoms with Gasteiger partial charge in [0.15, 0.2) is 0 Å². The lowest BCUT2D eigenvalue weighted by Crippen LogP contribution is -2.33. The van der Waals surface area contributed by atoms with Gasteiger partial charge in [0, 0.05) is 0 Å². The Hall–Kier alpha value is -1.27. The van der Waals surface area contributed by atoms with Gasteiger partial charge in [-0.15, -0.1) is 0 Å². The molecule has 2 rings (SSSR count). The molecule has 1 aliphatic rings. The number of pyridine rings is 1. The minimum atomic E-state index is -5.77. The van der Waals surface area contributed by atoms with Crippen molar-refractivity contribution < 1.29 is 65.8 Å². The van der Waals surface area contributed by atoms with Gasteiger partial charge in [-0.3, -0.25) is 9.32 Å². The predicted molar refractivity (Wildman–Crippen MR) is 104 cm³/mol. The monoisotopic (exact) mass is 537 g/mol. The lowest BCUT2D eigenvalue weighted by molar-refractivity contribution is -0.0234. The number of H-pyrrole nitrogens is 1. The zero-order valence-electron chi connectivity index (χ0n) is 16.7. The second-order valence-electron chi connectivity index (χ2n) is 6.52. The van der Waals surface area contributed by atoms with E-state index >= 15 is 0 Å². The normalized spacial score (nSPS) is 26.8. The molecule has 33 heavy (non-hydrogen) atoms. The number of ether oxygens (including phenoxy) is 1. The Balaban J connectivity index is 2.22. The van der Waals surface area contributed by atoms with Crippen molar-refractivity contribution >= 4 is 23.5 Å². The summed E-state index contributed by atoms with van der Waals surface area (Å²) >= 11 is 0. The van der Waals surface area contributed by atoms with Gasteiger partial charge in [-0.05, 0) is 19.8 Å². The van der Waals surface area contributed by atoms with Crippen LogP contribution < -0.4 is 5.56 Å². The number of phosphoric ester groups is 1. The van der Waals surface area contributed by atoms with Crippen molar-refractivity contribution in [2.24, 2.45) is 0 Å². The van der Waals surface area contributed by atoms with Gasteiger partial charge in [0.2, 0.25) is 0 Å². The summed E-state index contributed by atoms with van der Waals surface area (Å²) in [5, 5.41) is 20.5. The first-order chi connectivity index (χ1) is 15.0. The highest BCUT2D eigenvalue weighted by Gasteiger charge is 2.47. The molecule has 19 heteroatoms. The highest BCUT2D eigenvalue weighted by atomic mass is 31.3. The Labute approximate surface area is 184 Å². The smallest absolute Gasteiger partial charge is 0.387 e. The first-order valence-electron chi connectivity index (χ1n) is 8.63. The topological polar surface area (TPSA) is 242 Å². The van der Waals surface area contributed by atoms with Crippen molar-refractivity contribution in [3.8, 4) is 11.8 Å². The third kappa shape index (κ3) is 7.11. The summed E-state index contributed by atoms with van der Waals surface area (Å²) in [7, 11) is -16.9. The molecular formula is C14H19FNO14P3. The van der Waals surface area contributed by atoms with E-state index in [-0.39, 0.29) is 11.3 Å². The molecule has 1 aromatic rings. The van der Waals surface area contributed by atoms with Crippen LogP contribution >= 0.6 is 23.5 Å². The maximum absolute atomic E-state index is 14.8. The third-order valence-electron chi connectivity index (χ3n) is 4.13. The maximum atomic E-state index is 14.8. The maximum Gasteiger partial charge on any atom is 0.490 e. The molecule has 186 valence electrons. The summed E-state index contributed by atoms with van der Waals surface area (Å²) in [4.78, 5) is 49.7. The lowest BCUT2D eigenvalue weighted by Gasteiger charge is -2.19. The fourth-order valence-corrected chi connectivity index (χ4v) is 5.80. The van der Waals surface area contributed by atoms with Crippen molar-refractivity contribution in [3.05, 3.63) is 33.0 Å². The van der Waals surface area contributed by atoms with Gasteiger partial charge in [0.05, 0.1) is 17.7 Å². The minimum absolute atomic E-state index is 0.254. The van der Waals surface area contributed by atoms with Crippen molar-refractivity contribution in [3.63, 3.8) is 0 Å². The van der Waals surface area contributed by atoms with Crippen molar-refractivity contribution in [2.45, 2.75) is 38.3 Å². The molecule has 0 amide bonds. The van der Waals surface area contributed by atoms with E-state index in [1.807, 2.05) is 0 Å². The number of aliphatic hydroxyl groups is 2. The number of phosphoric acid groups is 3. The number of hydrogen-bond donors (Lipinski definition) is 7. The second-order valence-corrected chi connectivity index (χ2v) is 10.9. The van der Waals surface area contributed by atoms with E-state index in [1.165, 1.54) is 6.92 Å². The summed E-state index contributed by atoms with van der Waals surface area (Å²) in [6.45, 7) is 1.44. The molecule has 1 fully saturated rings. The van der Waals surface area contributed by atoms with Crippen LogP contribution in [-0.4, -0.2) is 59.7 Å². The highest BCUT2D eigenvalue weighted by Crippen LogP contribution is 2.66. The Morgan fingerprint density at radius 2 is 1.70 bits per heavy atom. The number of halogens is 1. The van der Waals surface area contributed by atoms with E-state index in [2.05, 4.69) is 30.0 Å². The molecule has 6 atom stereocenters. The van der Waals surface area contributed by atoms with Crippen LogP contribution in [0.5, 0.6) is 0 Å². The average Bonchev–Trinajstić information content (AvgIpc) is 2.90. The van der Waals surface area contributed by atoms with Gasteiger partial charge < -0.3 is 39.5 Å². The van der Waals surface area contributed by atoms with Crippen LogP contribution in [0.15, 0.2) is 4.79 Å². The zero-order valence-corrected chi connectivity index (χ0v) is 19.4. The van der Waals surface area contributed by atoms with Gasteiger partial charge in [0.25, 0.3) is 5.56 Å². The van der Waals surface area contributed by atoms with E-state index in [1.54, 1.807) is 0 Å². The number of nitrogens with one attached hydrogen (secondary N) is 1. The summed E-state index contributed by atoms with van der Waals surface area (Å²) < 4.78 is 65.3. The summed E-state index contributed by atoms with van der Waals surface area (Å²) in [6, 6.07) is 0. The lowest BCUT2D eigenvalue weighted by atomic mass is 9.98. The molecule has 7 N–H and O–H groups in total. The SMILES string of the molecule is CC#Cc1[nH]c(=O)c(C)c(F)c1[C@@H]1O[C@H](COP(=O)(O)OP(=O)(O)OP(=O)(O)O)C(O)[C@@H]1O. The van der Waals surface area contributed by atoms with Gasteiger partial charge in [-0.25, -0.2) is 18.1 Å². The Morgan fingerprint density at radius 1 is 1.09 bits per heavy atom. The van der Waals surface area contributed by atoms with Crippen LogP contribution in [0.1, 0.15) is 29.8 Å². The number of rotatable bonds is 8. The van der Waals surface area contributed by atoms with E-state index < -0.39 is 71.4 Å². The van der Waals surface area contributed by atoms with Gasteiger partial charge in [0.1, 0.15) is 35.9 Å². The average molecular weight is 537 g/mol. The van der Waals surface area contributed by atoms with E-state index in [9.17, 15) is 38.0 Å². The van der Waals surface area contributed by atoms with Gasteiger partial charge >= 0.3 is 23.5 Å². The van der Waals surface area contributed by atoms with E-state index in [0.717, 1.165) is 6.92 Å². The molecule has 1 aromatic heterocycles. The fourth-order valence-electron chi connectivity index (χ4n) is 2.77. The number of aromatic nitrogens is 1. The molecular weight excluding hydrogens is 518 g/mol. The summed E-state index contributed by atoms with van der Waals surface area (Å²) in [5.74, 6) is 3.77. The highest BCUT2D eigenvalue weighted by molar-refractivity contribution is 7.66. The van der Waals surface area contributed by atoms with Crippen LogP contribution in [0.4, 0.5) is 4.39 Å². The quantitative estimate of drug-likeness (QED) is 0.166. The molecule has 0 radical (unpaired) electrons. The number of aromatic amines is 1. The predicted octanol–water partition coefficient (Wildman–Crippen LogP) is -0.301. The minimum Gasteiger partial charge on any atom is -0.387 e. The van der Waals surface area contributed by atoms with Crippen LogP contribution in [0.25, 0.3) is 0 Å². The van der Waals surface area contributed by atoms with Crippen molar-refractivity contribution in [2.75, 3.05) is 6.61 Å². The van der Waals surface area contributed by atoms with Crippen molar-refractivity contribution in [1.82, 2.24) is 4.98 Å². The number of aliphatic hydroxyl groups excluding tert-OH is 2. The summed E-state index contributed by atoms with van der Waals surface area (Å²) in [6.07, 6.45) is -6.95. The Bertz CT molecular complexity index is 1170. The molecule has 1 saturated heterocycles. The summed E-state index contributed by atoms with van der Waals surface area (Å²) in [5.41, 5.74) is -1.83. The van der Waals surface area contributed by atoms with E-state index in [4.69, 9.17) is 19.4 Å². The van der Waals surface area contributed by atoms with Crippen LogP contribution in [0.3, 0.4) is 0 Å². The molecule has 0 aliphatic carbocycles. The van der Waals surface area contributed by atoms with Gasteiger partial charge in [-0.2, -0.15) is 8.62 Å². The van der Waals surface area contributed by atoms with Gasteiger partial charge in [-0.1, -0.05) is 5.92 Å². The molecule has 0 aromatic carbocycles.